The second-order valence-corrected chi connectivity index (χ2v) is 8.66. The van der Waals surface area contributed by atoms with E-state index in [0.29, 0.717) is 23.4 Å². The molecule has 0 aliphatic carbocycles. The highest BCUT2D eigenvalue weighted by Gasteiger charge is 2.24. The molecule has 1 heterocycles. The Morgan fingerprint density at radius 2 is 1.59 bits per heavy atom. The van der Waals surface area contributed by atoms with Gasteiger partial charge in [0.25, 0.3) is 5.91 Å². The van der Waals surface area contributed by atoms with E-state index < -0.39 is 6.04 Å². The normalized spacial score (nSPS) is 13.1. The first-order valence-electron chi connectivity index (χ1n) is 11.3. The fourth-order valence-electron chi connectivity index (χ4n) is 3.81. The van der Waals surface area contributed by atoms with Crippen LogP contribution in [0.1, 0.15) is 37.4 Å². The highest BCUT2D eigenvalue weighted by atomic mass is 32.1. The monoisotopic (exact) mass is 470 g/mol. The molecule has 0 N–H and O–H groups in total. The van der Waals surface area contributed by atoms with Crippen LogP contribution in [-0.2, 0) is 14.3 Å². The van der Waals surface area contributed by atoms with Crippen LogP contribution in [0.2, 0.25) is 0 Å². The molecule has 4 aromatic rings. The summed E-state index contributed by atoms with van der Waals surface area (Å²) in [5.74, 6) is -0.695. The summed E-state index contributed by atoms with van der Waals surface area (Å²) in [7, 11) is 0. The molecule has 0 bridgehead atoms. The summed E-state index contributed by atoms with van der Waals surface area (Å²) >= 11 is 1.39. The summed E-state index contributed by atoms with van der Waals surface area (Å²) in [5, 5.41) is 0. The smallest absolute Gasteiger partial charge is 0.329 e. The van der Waals surface area contributed by atoms with Gasteiger partial charge in [-0.2, -0.15) is 4.99 Å². The molecule has 0 saturated carbocycles. The van der Waals surface area contributed by atoms with Gasteiger partial charge in [0.2, 0.25) is 0 Å². The van der Waals surface area contributed by atoms with Crippen LogP contribution in [-0.4, -0.2) is 23.1 Å². The second kappa shape index (κ2) is 10.9. The number of hydrogen-bond donors (Lipinski definition) is 0. The van der Waals surface area contributed by atoms with Gasteiger partial charge in [0.1, 0.15) is 6.04 Å². The Labute approximate surface area is 202 Å². The fourth-order valence-corrected chi connectivity index (χ4v) is 4.88. The molecule has 0 fully saturated rings. The molecule has 0 saturated heterocycles. The lowest BCUT2D eigenvalue weighted by Crippen LogP contribution is -2.29. The van der Waals surface area contributed by atoms with Crippen molar-refractivity contribution < 1.29 is 14.3 Å². The third kappa shape index (κ3) is 5.07. The number of benzene rings is 3. The van der Waals surface area contributed by atoms with Gasteiger partial charge in [-0.1, -0.05) is 91.1 Å². The number of nitrogens with zero attached hydrogens (tertiary/aromatic N) is 2. The van der Waals surface area contributed by atoms with E-state index in [1.165, 1.54) is 11.3 Å². The van der Waals surface area contributed by atoms with Crippen molar-refractivity contribution in [1.82, 2.24) is 4.57 Å². The Hall–Kier alpha value is -3.77. The van der Waals surface area contributed by atoms with E-state index >= 15 is 0 Å². The lowest BCUT2D eigenvalue weighted by molar-refractivity contribution is -0.147. The van der Waals surface area contributed by atoms with Crippen molar-refractivity contribution in [2.75, 3.05) is 6.61 Å². The molecule has 6 heteroatoms. The summed E-state index contributed by atoms with van der Waals surface area (Å²) in [6.07, 6.45) is 2.37. The molecular formula is C28H26N2O3S. The van der Waals surface area contributed by atoms with Crippen LogP contribution in [0, 0.1) is 0 Å². The molecule has 34 heavy (non-hydrogen) atoms. The molecule has 1 aromatic heterocycles. The Morgan fingerprint density at radius 3 is 2.26 bits per heavy atom. The molecule has 3 aromatic carbocycles. The number of rotatable bonds is 7. The summed E-state index contributed by atoms with van der Waals surface area (Å²) < 4.78 is 8.11. The summed E-state index contributed by atoms with van der Waals surface area (Å²) in [4.78, 5) is 31.4. The van der Waals surface area contributed by atoms with E-state index in [4.69, 9.17) is 4.74 Å². The quantitative estimate of drug-likeness (QED) is 0.192. The maximum atomic E-state index is 13.6. The second-order valence-electron chi connectivity index (χ2n) is 7.65. The number of aromatic nitrogens is 1. The van der Waals surface area contributed by atoms with Gasteiger partial charge in [0, 0.05) is 5.57 Å². The highest BCUT2D eigenvalue weighted by molar-refractivity contribution is 7.16. The first kappa shape index (κ1) is 23.4. The molecular weight excluding hydrogens is 444 g/mol. The van der Waals surface area contributed by atoms with E-state index in [-0.39, 0.29) is 11.9 Å². The Morgan fingerprint density at radius 1 is 0.941 bits per heavy atom. The Kier molecular flexibility index (Phi) is 7.50. The zero-order valence-electron chi connectivity index (χ0n) is 19.2. The van der Waals surface area contributed by atoms with Crippen molar-refractivity contribution in [3.8, 4) is 0 Å². The van der Waals surface area contributed by atoms with Gasteiger partial charge in [-0.25, -0.2) is 4.79 Å². The molecule has 172 valence electrons. The van der Waals surface area contributed by atoms with Gasteiger partial charge >= 0.3 is 5.97 Å². The minimum absolute atomic E-state index is 0.293. The maximum absolute atomic E-state index is 13.6. The zero-order valence-corrected chi connectivity index (χ0v) is 20.0. The molecule has 0 aliphatic rings. The number of hydrogen-bond acceptors (Lipinski definition) is 4. The summed E-state index contributed by atoms with van der Waals surface area (Å²) in [5.41, 5.74) is 3.03. The van der Waals surface area contributed by atoms with Gasteiger partial charge < -0.3 is 9.30 Å². The first-order chi connectivity index (χ1) is 16.6. The number of ether oxygens (including phenoxy) is 1. The predicted molar refractivity (Wildman–Crippen MR) is 137 cm³/mol. The SMILES string of the molecule is CCOC(=O)C(CC)n1c(=NC(=O)C(=Cc2ccccc2)c2ccccc2)sc2ccccc21. The van der Waals surface area contributed by atoms with Crippen molar-refractivity contribution in [3.63, 3.8) is 0 Å². The van der Waals surface area contributed by atoms with Crippen LogP contribution in [0.5, 0.6) is 0 Å². The molecule has 1 amide bonds. The number of thiazole rings is 1. The number of amides is 1. The van der Waals surface area contributed by atoms with Gasteiger partial charge in [-0.3, -0.25) is 4.79 Å². The topological polar surface area (TPSA) is 60.7 Å². The standard InChI is InChI=1S/C28H26N2O3S/c1-3-23(27(32)33-4-2)30-24-17-11-12-18-25(24)34-28(30)29-26(31)22(21-15-9-6-10-16-21)19-20-13-7-5-8-14-20/h5-19,23H,3-4H2,1-2H3. The van der Waals surface area contributed by atoms with Crippen LogP contribution in [0.4, 0.5) is 0 Å². The van der Waals surface area contributed by atoms with Crippen molar-refractivity contribution >= 4 is 45.1 Å². The Bertz CT molecular complexity index is 1390. The minimum Gasteiger partial charge on any atom is -0.464 e. The van der Waals surface area contributed by atoms with Gasteiger partial charge in [-0.15, -0.1) is 0 Å². The summed E-state index contributed by atoms with van der Waals surface area (Å²) in [6.45, 7) is 4.01. The van der Waals surface area contributed by atoms with Gasteiger partial charge in [0.15, 0.2) is 4.80 Å². The molecule has 0 radical (unpaired) electrons. The van der Waals surface area contributed by atoms with E-state index in [2.05, 4.69) is 4.99 Å². The van der Waals surface area contributed by atoms with Crippen molar-refractivity contribution in [3.05, 3.63) is 101 Å². The maximum Gasteiger partial charge on any atom is 0.329 e. The molecule has 0 aliphatic heterocycles. The summed E-state index contributed by atoms with van der Waals surface area (Å²) in [6, 6.07) is 26.4. The fraction of sp³-hybridized carbons (Fsp3) is 0.179. The van der Waals surface area contributed by atoms with Crippen molar-refractivity contribution in [1.29, 1.82) is 0 Å². The van der Waals surface area contributed by atoms with E-state index in [9.17, 15) is 9.59 Å². The van der Waals surface area contributed by atoms with E-state index in [1.54, 1.807) is 6.92 Å². The number of esters is 1. The largest absolute Gasteiger partial charge is 0.464 e. The Balaban J connectivity index is 1.89. The van der Waals surface area contributed by atoms with Crippen LogP contribution >= 0.6 is 11.3 Å². The number of carbonyl (C=O) groups excluding carboxylic acids is 2. The highest BCUT2D eigenvalue weighted by Crippen LogP contribution is 2.24. The van der Waals surface area contributed by atoms with Gasteiger partial charge in [-0.05, 0) is 42.7 Å². The average molecular weight is 471 g/mol. The third-order valence-electron chi connectivity index (χ3n) is 5.41. The molecule has 4 rings (SSSR count). The van der Waals surface area contributed by atoms with Crippen LogP contribution < -0.4 is 4.80 Å². The van der Waals surface area contributed by atoms with Crippen molar-refractivity contribution in [2.45, 2.75) is 26.3 Å². The first-order valence-corrected chi connectivity index (χ1v) is 12.1. The lowest BCUT2D eigenvalue weighted by atomic mass is 10.0. The minimum atomic E-state index is -0.569. The van der Waals surface area contributed by atoms with Crippen molar-refractivity contribution in [2.24, 2.45) is 4.99 Å². The number of fused-ring (bicyclic) bond motifs is 1. The third-order valence-corrected chi connectivity index (χ3v) is 6.45. The lowest BCUT2D eigenvalue weighted by Gasteiger charge is -2.16. The number of para-hydroxylation sites is 1. The molecule has 1 unspecified atom stereocenters. The van der Waals surface area contributed by atoms with Crippen LogP contribution in [0.15, 0.2) is 89.9 Å². The number of carbonyl (C=O) groups is 2. The predicted octanol–water partition coefficient (Wildman–Crippen LogP) is 5.89. The van der Waals surface area contributed by atoms with Crippen LogP contribution in [0.25, 0.3) is 21.9 Å². The molecule has 1 atom stereocenters. The van der Waals surface area contributed by atoms with Gasteiger partial charge in [0.05, 0.1) is 16.8 Å². The average Bonchev–Trinajstić information content (AvgIpc) is 3.22. The molecule has 0 spiro atoms. The van der Waals surface area contributed by atoms with E-state index in [0.717, 1.165) is 21.3 Å². The zero-order chi connectivity index (χ0) is 23.9. The molecule has 5 nitrogen and oxygen atoms in total. The van der Waals surface area contributed by atoms with Crippen LogP contribution in [0.3, 0.4) is 0 Å². The van der Waals surface area contributed by atoms with E-state index in [1.807, 2.05) is 102 Å².